The third-order valence-corrected chi connectivity index (χ3v) is 3.47. The van der Waals surface area contributed by atoms with Crippen molar-refractivity contribution in [1.82, 2.24) is 4.98 Å². The first-order valence-electron chi connectivity index (χ1n) is 4.79. The maximum absolute atomic E-state index is 13.5. The summed E-state index contributed by atoms with van der Waals surface area (Å²) >= 11 is 4.23. The molecule has 0 amide bonds. The standard InChI is InChI=1S/C11H6BrFN2O2S/c12-7-5-10(13)11(14-6-7)18-9-3-1-8(2-4-9)15(16)17/h1-6H. The molecule has 0 spiro atoms. The van der Waals surface area contributed by atoms with E-state index >= 15 is 0 Å². The molecule has 0 saturated carbocycles. The number of hydrogen-bond donors (Lipinski definition) is 0. The van der Waals surface area contributed by atoms with Crippen LogP contribution >= 0.6 is 27.7 Å². The van der Waals surface area contributed by atoms with E-state index in [1.807, 2.05) is 0 Å². The number of benzene rings is 1. The van der Waals surface area contributed by atoms with Gasteiger partial charge in [0.1, 0.15) is 5.03 Å². The molecule has 0 unspecified atom stereocenters. The van der Waals surface area contributed by atoms with Gasteiger partial charge in [-0.05, 0) is 34.1 Å². The van der Waals surface area contributed by atoms with Gasteiger partial charge in [0, 0.05) is 27.7 Å². The van der Waals surface area contributed by atoms with Gasteiger partial charge >= 0.3 is 0 Å². The number of rotatable bonds is 3. The van der Waals surface area contributed by atoms with Gasteiger partial charge in [0.2, 0.25) is 0 Å². The van der Waals surface area contributed by atoms with Gasteiger partial charge in [-0.3, -0.25) is 10.1 Å². The van der Waals surface area contributed by atoms with E-state index in [0.717, 1.165) is 11.8 Å². The third-order valence-electron chi connectivity index (χ3n) is 2.04. The lowest BCUT2D eigenvalue weighted by atomic mass is 10.3. The lowest BCUT2D eigenvalue weighted by molar-refractivity contribution is -0.384. The van der Waals surface area contributed by atoms with E-state index in [4.69, 9.17) is 0 Å². The SMILES string of the molecule is O=[N+]([O-])c1ccc(Sc2ncc(Br)cc2F)cc1. The molecule has 1 aromatic carbocycles. The average Bonchev–Trinajstić information content (AvgIpc) is 2.33. The zero-order chi connectivity index (χ0) is 13.1. The first kappa shape index (κ1) is 13.0. The van der Waals surface area contributed by atoms with Gasteiger partial charge < -0.3 is 0 Å². The molecule has 4 nitrogen and oxygen atoms in total. The summed E-state index contributed by atoms with van der Waals surface area (Å²) in [6, 6.07) is 7.19. The molecule has 2 rings (SSSR count). The fourth-order valence-corrected chi connectivity index (χ4v) is 2.29. The van der Waals surface area contributed by atoms with Gasteiger partial charge in [-0.1, -0.05) is 11.8 Å². The van der Waals surface area contributed by atoms with Crippen molar-refractivity contribution in [3.63, 3.8) is 0 Å². The molecule has 0 aliphatic heterocycles. The van der Waals surface area contributed by atoms with Crippen molar-refractivity contribution >= 4 is 33.4 Å². The van der Waals surface area contributed by atoms with E-state index in [1.165, 1.54) is 24.4 Å². The summed E-state index contributed by atoms with van der Waals surface area (Å²) in [5, 5.41) is 10.7. The summed E-state index contributed by atoms with van der Waals surface area (Å²) in [4.78, 5) is 14.6. The van der Waals surface area contributed by atoms with Crippen molar-refractivity contribution in [2.24, 2.45) is 0 Å². The summed E-state index contributed by atoms with van der Waals surface area (Å²) in [5.41, 5.74) is 0.00332. The summed E-state index contributed by atoms with van der Waals surface area (Å²) in [6.45, 7) is 0. The highest BCUT2D eigenvalue weighted by Crippen LogP contribution is 2.30. The molecule has 92 valence electrons. The summed E-state index contributed by atoms with van der Waals surface area (Å²) < 4.78 is 14.1. The van der Waals surface area contributed by atoms with Crippen LogP contribution in [0.15, 0.2) is 50.9 Å². The van der Waals surface area contributed by atoms with Crippen LogP contribution in [0.25, 0.3) is 0 Å². The van der Waals surface area contributed by atoms with Crippen LogP contribution in [-0.2, 0) is 0 Å². The van der Waals surface area contributed by atoms with E-state index in [0.29, 0.717) is 9.37 Å². The first-order chi connectivity index (χ1) is 8.56. The van der Waals surface area contributed by atoms with Crippen molar-refractivity contribution in [2.45, 2.75) is 9.92 Å². The summed E-state index contributed by atoms with van der Waals surface area (Å²) in [7, 11) is 0. The molecule has 0 radical (unpaired) electrons. The number of nitro groups is 1. The van der Waals surface area contributed by atoms with Crippen LogP contribution in [0.1, 0.15) is 0 Å². The predicted octanol–water partition coefficient (Wildman–Crippen LogP) is 4.04. The van der Waals surface area contributed by atoms with E-state index in [9.17, 15) is 14.5 Å². The van der Waals surface area contributed by atoms with Crippen molar-refractivity contribution in [2.75, 3.05) is 0 Å². The molecular weight excluding hydrogens is 323 g/mol. The van der Waals surface area contributed by atoms with Gasteiger partial charge in [0.25, 0.3) is 5.69 Å². The van der Waals surface area contributed by atoms with Gasteiger partial charge in [-0.2, -0.15) is 0 Å². The number of non-ortho nitro benzene ring substituents is 1. The highest BCUT2D eigenvalue weighted by molar-refractivity contribution is 9.10. The Morgan fingerprint density at radius 2 is 2.00 bits per heavy atom. The lowest BCUT2D eigenvalue weighted by Crippen LogP contribution is -1.88. The van der Waals surface area contributed by atoms with Crippen LogP contribution in [-0.4, -0.2) is 9.91 Å². The molecule has 0 aliphatic carbocycles. The van der Waals surface area contributed by atoms with Crippen molar-refractivity contribution in [1.29, 1.82) is 0 Å². The fourth-order valence-electron chi connectivity index (χ4n) is 1.22. The number of pyridine rings is 1. The number of nitrogens with zero attached hydrogens (tertiary/aromatic N) is 2. The average molecular weight is 329 g/mol. The van der Waals surface area contributed by atoms with E-state index in [-0.39, 0.29) is 10.7 Å². The Hall–Kier alpha value is -1.47. The highest BCUT2D eigenvalue weighted by atomic mass is 79.9. The third kappa shape index (κ3) is 3.05. The number of halogens is 2. The zero-order valence-corrected chi connectivity index (χ0v) is 11.2. The molecule has 18 heavy (non-hydrogen) atoms. The molecule has 1 aromatic heterocycles. The first-order valence-corrected chi connectivity index (χ1v) is 6.40. The van der Waals surface area contributed by atoms with Crippen molar-refractivity contribution in [3.8, 4) is 0 Å². The molecule has 0 fully saturated rings. The van der Waals surface area contributed by atoms with Gasteiger partial charge in [0.15, 0.2) is 5.82 Å². The quantitative estimate of drug-likeness (QED) is 0.630. The Morgan fingerprint density at radius 3 is 2.56 bits per heavy atom. The van der Waals surface area contributed by atoms with E-state index < -0.39 is 10.7 Å². The second-order valence-electron chi connectivity index (χ2n) is 3.29. The molecule has 0 bridgehead atoms. The van der Waals surface area contributed by atoms with Crippen molar-refractivity contribution < 1.29 is 9.31 Å². The normalized spacial score (nSPS) is 10.3. The Labute approximate surface area is 115 Å². The number of aromatic nitrogens is 1. The Bertz CT molecular complexity index is 592. The fraction of sp³-hybridized carbons (Fsp3) is 0. The summed E-state index contributed by atoms with van der Waals surface area (Å²) in [6.07, 6.45) is 1.50. The molecular formula is C11H6BrFN2O2S. The van der Waals surface area contributed by atoms with E-state index in [1.54, 1.807) is 12.1 Å². The Kier molecular flexibility index (Phi) is 3.93. The minimum atomic E-state index is -0.479. The van der Waals surface area contributed by atoms with Gasteiger partial charge in [-0.15, -0.1) is 0 Å². The topological polar surface area (TPSA) is 56.0 Å². The molecule has 1 heterocycles. The molecule has 0 aliphatic rings. The van der Waals surface area contributed by atoms with E-state index in [2.05, 4.69) is 20.9 Å². The maximum Gasteiger partial charge on any atom is 0.269 e. The van der Waals surface area contributed by atoms with Crippen LogP contribution in [0.3, 0.4) is 0 Å². The molecule has 0 atom stereocenters. The number of hydrogen-bond acceptors (Lipinski definition) is 4. The van der Waals surface area contributed by atoms with Gasteiger partial charge in [0.05, 0.1) is 4.92 Å². The minimum absolute atomic E-state index is 0.00332. The highest BCUT2D eigenvalue weighted by Gasteiger charge is 2.09. The van der Waals surface area contributed by atoms with Gasteiger partial charge in [-0.25, -0.2) is 9.37 Å². The molecule has 0 N–H and O–H groups in total. The monoisotopic (exact) mass is 328 g/mol. The lowest BCUT2D eigenvalue weighted by Gasteiger charge is -2.02. The number of nitro benzene ring substituents is 1. The minimum Gasteiger partial charge on any atom is -0.258 e. The van der Waals surface area contributed by atoms with Crippen LogP contribution in [0.5, 0.6) is 0 Å². The van der Waals surface area contributed by atoms with Crippen LogP contribution < -0.4 is 0 Å². The Balaban J connectivity index is 2.21. The molecule has 2 aromatic rings. The summed E-state index contributed by atoms with van der Waals surface area (Å²) in [5.74, 6) is -0.437. The maximum atomic E-state index is 13.5. The zero-order valence-electron chi connectivity index (χ0n) is 8.84. The van der Waals surface area contributed by atoms with Crippen molar-refractivity contribution in [3.05, 3.63) is 56.9 Å². The largest absolute Gasteiger partial charge is 0.269 e. The predicted molar refractivity (Wildman–Crippen MR) is 69.1 cm³/mol. The Morgan fingerprint density at radius 1 is 1.33 bits per heavy atom. The van der Waals surface area contributed by atoms with Crippen LogP contribution in [0.4, 0.5) is 10.1 Å². The smallest absolute Gasteiger partial charge is 0.258 e. The molecule has 0 saturated heterocycles. The van der Waals surface area contributed by atoms with Crippen LogP contribution in [0.2, 0.25) is 0 Å². The van der Waals surface area contributed by atoms with Crippen LogP contribution in [0, 0.1) is 15.9 Å². The second kappa shape index (κ2) is 5.45. The second-order valence-corrected chi connectivity index (χ2v) is 5.27. The molecule has 7 heteroatoms.